The zero-order chi connectivity index (χ0) is 13.1. The van der Waals surface area contributed by atoms with E-state index in [1.165, 1.54) is 0 Å². The number of hydrogen-bond acceptors (Lipinski definition) is 3. The van der Waals surface area contributed by atoms with Gasteiger partial charge in [0, 0.05) is 24.9 Å². The summed E-state index contributed by atoms with van der Waals surface area (Å²) < 4.78 is 1.83. The van der Waals surface area contributed by atoms with Crippen LogP contribution in [0, 0.1) is 5.92 Å². The number of aromatic nitrogens is 2. The molecule has 0 aromatic carbocycles. The van der Waals surface area contributed by atoms with Gasteiger partial charge >= 0.3 is 0 Å². The first kappa shape index (κ1) is 19.0. The highest BCUT2D eigenvalue weighted by Crippen LogP contribution is 2.11. The van der Waals surface area contributed by atoms with Crippen LogP contribution in [0.5, 0.6) is 0 Å². The molecule has 5 nitrogen and oxygen atoms in total. The average molecular weight is 340 g/mol. The minimum atomic E-state index is -0.184. The summed E-state index contributed by atoms with van der Waals surface area (Å²) in [6, 6.07) is 3.61. The second-order valence-electron chi connectivity index (χ2n) is 4.20. The second kappa shape index (κ2) is 8.32. The predicted molar refractivity (Wildman–Crippen MR) is 84.8 cm³/mol. The third kappa shape index (κ3) is 4.52. The molecule has 2 rings (SSSR count). The van der Waals surface area contributed by atoms with E-state index < -0.39 is 0 Å². The molecule has 0 bridgehead atoms. The van der Waals surface area contributed by atoms with Crippen molar-refractivity contribution in [2.24, 2.45) is 11.7 Å². The van der Waals surface area contributed by atoms with Gasteiger partial charge in [-0.15, -0.1) is 24.8 Å². The first-order valence-electron chi connectivity index (χ1n) is 5.71. The number of amides is 1. The van der Waals surface area contributed by atoms with Gasteiger partial charge in [0.25, 0.3) is 0 Å². The molecular formula is C12H17Cl3N4O. The van der Waals surface area contributed by atoms with Gasteiger partial charge in [-0.05, 0) is 12.1 Å². The van der Waals surface area contributed by atoms with E-state index in [0.717, 1.165) is 11.3 Å². The second-order valence-corrected chi connectivity index (χ2v) is 4.64. The monoisotopic (exact) mass is 338 g/mol. The van der Waals surface area contributed by atoms with E-state index >= 15 is 0 Å². The van der Waals surface area contributed by atoms with Crippen molar-refractivity contribution < 1.29 is 4.79 Å². The van der Waals surface area contributed by atoms with Crippen molar-refractivity contribution in [2.45, 2.75) is 13.5 Å². The van der Waals surface area contributed by atoms with Gasteiger partial charge in [-0.25, -0.2) is 4.98 Å². The fourth-order valence-corrected chi connectivity index (χ4v) is 1.73. The van der Waals surface area contributed by atoms with E-state index in [1.54, 1.807) is 19.2 Å². The maximum atomic E-state index is 11.6. The van der Waals surface area contributed by atoms with Crippen LogP contribution in [0.4, 0.5) is 0 Å². The molecule has 8 heteroatoms. The van der Waals surface area contributed by atoms with Gasteiger partial charge in [0.15, 0.2) is 0 Å². The lowest BCUT2D eigenvalue weighted by Crippen LogP contribution is -2.32. The number of halogens is 3. The van der Waals surface area contributed by atoms with Gasteiger partial charge < -0.3 is 15.5 Å². The SMILES string of the molecule is CC(CN)C(=O)NCc1cn2cc(Cl)ccc2n1.Cl.Cl. The van der Waals surface area contributed by atoms with Gasteiger partial charge in [0.05, 0.1) is 17.3 Å². The molecule has 2 aromatic rings. The summed E-state index contributed by atoms with van der Waals surface area (Å²) in [5.41, 5.74) is 7.01. The van der Waals surface area contributed by atoms with Crippen LogP contribution < -0.4 is 11.1 Å². The maximum absolute atomic E-state index is 11.6. The van der Waals surface area contributed by atoms with Crippen LogP contribution in [0.15, 0.2) is 24.5 Å². The fraction of sp³-hybridized carbons (Fsp3) is 0.333. The summed E-state index contributed by atoms with van der Waals surface area (Å²) in [6.45, 7) is 2.52. The van der Waals surface area contributed by atoms with E-state index in [1.807, 2.05) is 16.7 Å². The van der Waals surface area contributed by atoms with E-state index in [9.17, 15) is 4.79 Å². The third-order valence-corrected chi connectivity index (χ3v) is 2.93. The highest BCUT2D eigenvalue weighted by Gasteiger charge is 2.10. The number of nitrogens with one attached hydrogen (secondary N) is 1. The summed E-state index contributed by atoms with van der Waals surface area (Å²) in [5.74, 6) is -0.246. The standard InChI is InChI=1S/C12H15ClN4O.2ClH/c1-8(4-14)12(18)15-5-10-7-17-6-9(13)2-3-11(17)16-10;;/h2-3,6-8H,4-5,14H2,1H3,(H,15,18);2*1H. The summed E-state index contributed by atoms with van der Waals surface area (Å²) in [6.07, 6.45) is 3.62. The molecule has 1 atom stereocenters. The summed E-state index contributed by atoms with van der Waals surface area (Å²) in [4.78, 5) is 15.9. The van der Waals surface area contributed by atoms with Crippen LogP contribution in [0.25, 0.3) is 5.65 Å². The Labute approximate surface area is 134 Å². The van der Waals surface area contributed by atoms with Crippen molar-refractivity contribution in [3.05, 3.63) is 35.2 Å². The van der Waals surface area contributed by atoms with E-state index in [4.69, 9.17) is 17.3 Å². The molecule has 2 aromatic heterocycles. The van der Waals surface area contributed by atoms with Gasteiger partial charge in [-0.1, -0.05) is 18.5 Å². The molecule has 0 saturated heterocycles. The molecule has 20 heavy (non-hydrogen) atoms. The molecule has 0 aliphatic rings. The first-order valence-corrected chi connectivity index (χ1v) is 6.09. The van der Waals surface area contributed by atoms with Crippen LogP contribution in [-0.2, 0) is 11.3 Å². The molecule has 0 spiro atoms. The Bertz CT molecular complexity index is 573. The number of carbonyl (C=O) groups is 1. The van der Waals surface area contributed by atoms with Crippen molar-refractivity contribution in [1.82, 2.24) is 14.7 Å². The van der Waals surface area contributed by atoms with Gasteiger partial charge in [-0.2, -0.15) is 0 Å². The van der Waals surface area contributed by atoms with Crippen molar-refractivity contribution >= 4 is 48.0 Å². The molecule has 112 valence electrons. The number of rotatable bonds is 4. The van der Waals surface area contributed by atoms with Crippen LogP contribution in [0.1, 0.15) is 12.6 Å². The largest absolute Gasteiger partial charge is 0.350 e. The number of nitrogens with zero attached hydrogens (tertiary/aromatic N) is 2. The maximum Gasteiger partial charge on any atom is 0.224 e. The zero-order valence-electron chi connectivity index (χ0n) is 10.9. The van der Waals surface area contributed by atoms with E-state index in [-0.39, 0.29) is 36.6 Å². The quantitative estimate of drug-likeness (QED) is 0.895. The third-order valence-electron chi connectivity index (χ3n) is 2.71. The van der Waals surface area contributed by atoms with Crippen LogP contribution in [0.2, 0.25) is 5.02 Å². The van der Waals surface area contributed by atoms with Gasteiger partial charge in [0.1, 0.15) is 5.65 Å². The molecule has 1 unspecified atom stereocenters. The van der Waals surface area contributed by atoms with Crippen molar-refractivity contribution in [2.75, 3.05) is 6.54 Å². The zero-order valence-corrected chi connectivity index (χ0v) is 13.3. The number of nitrogens with two attached hydrogens (primary N) is 1. The Morgan fingerprint density at radius 3 is 2.80 bits per heavy atom. The minimum Gasteiger partial charge on any atom is -0.350 e. The number of pyridine rings is 1. The molecule has 2 heterocycles. The van der Waals surface area contributed by atoms with Crippen molar-refractivity contribution in [3.8, 4) is 0 Å². The lowest BCUT2D eigenvalue weighted by molar-refractivity contribution is -0.124. The van der Waals surface area contributed by atoms with Crippen LogP contribution >= 0.6 is 36.4 Å². The van der Waals surface area contributed by atoms with E-state index in [2.05, 4.69) is 10.3 Å². The topological polar surface area (TPSA) is 72.4 Å². The smallest absolute Gasteiger partial charge is 0.224 e. The summed E-state index contributed by atoms with van der Waals surface area (Å²) in [7, 11) is 0. The normalized spacial score (nSPS) is 11.3. The Morgan fingerprint density at radius 1 is 1.45 bits per heavy atom. The molecule has 0 aliphatic carbocycles. The van der Waals surface area contributed by atoms with Crippen LogP contribution in [-0.4, -0.2) is 21.8 Å². The summed E-state index contributed by atoms with van der Waals surface area (Å²) >= 11 is 5.88. The summed E-state index contributed by atoms with van der Waals surface area (Å²) in [5, 5.41) is 3.44. The molecule has 1 amide bonds. The minimum absolute atomic E-state index is 0. The highest BCUT2D eigenvalue weighted by atomic mass is 35.5. The Morgan fingerprint density at radius 2 is 2.15 bits per heavy atom. The molecule has 3 N–H and O–H groups in total. The van der Waals surface area contributed by atoms with Gasteiger partial charge in [-0.3, -0.25) is 4.79 Å². The fourth-order valence-electron chi connectivity index (χ4n) is 1.56. The molecular weight excluding hydrogens is 323 g/mol. The van der Waals surface area contributed by atoms with Crippen LogP contribution in [0.3, 0.4) is 0 Å². The lowest BCUT2D eigenvalue weighted by atomic mass is 10.2. The molecule has 0 fully saturated rings. The Hall–Kier alpha value is -1.01. The Balaban J connectivity index is 0.00000180. The molecule has 0 radical (unpaired) electrons. The van der Waals surface area contributed by atoms with Crippen molar-refractivity contribution in [3.63, 3.8) is 0 Å². The predicted octanol–water partition coefficient (Wildman–Crippen LogP) is 2.04. The van der Waals surface area contributed by atoms with E-state index in [0.29, 0.717) is 18.1 Å². The number of hydrogen-bond donors (Lipinski definition) is 2. The number of imidazole rings is 1. The average Bonchev–Trinajstić information content (AvgIpc) is 2.76. The van der Waals surface area contributed by atoms with Gasteiger partial charge in [0.2, 0.25) is 5.91 Å². The molecule has 0 aliphatic heterocycles. The number of carbonyl (C=O) groups excluding carboxylic acids is 1. The highest BCUT2D eigenvalue weighted by molar-refractivity contribution is 6.30. The molecule has 0 saturated carbocycles. The van der Waals surface area contributed by atoms with Crippen molar-refractivity contribution in [1.29, 1.82) is 0 Å². The Kier molecular flexibility index (Phi) is 7.90. The number of fused-ring (bicyclic) bond motifs is 1. The first-order chi connectivity index (χ1) is 8.60. The lowest BCUT2D eigenvalue weighted by Gasteiger charge is -2.07.